The van der Waals surface area contributed by atoms with Crippen molar-refractivity contribution in [2.75, 3.05) is 31.7 Å². The molecule has 2 aliphatic rings. The average molecular weight is 456 g/mol. The first kappa shape index (κ1) is 21.8. The van der Waals surface area contributed by atoms with E-state index in [0.29, 0.717) is 17.1 Å². The van der Waals surface area contributed by atoms with Crippen LogP contribution in [0.5, 0.6) is 11.5 Å². The molecule has 0 spiro atoms. The molecule has 9 heteroatoms. The van der Waals surface area contributed by atoms with Gasteiger partial charge in [0, 0.05) is 13.1 Å². The summed E-state index contributed by atoms with van der Waals surface area (Å²) < 4.78 is 25.2. The number of para-hydroxylation sites is 1. The molecule has 2 aliphatic heterocycles. The van der Waals surface area contributed by atoms with Crippen molar-refractivity contribution in [1.82, 2.24) is 10.2 Å². The lowest BCUT2D eigenvalue weighted by atomic mass is 10.1. The number of benzene rings is 2. The predicted octanol–water partition coefficient (Wildman–Crippen LogP) is 3.10. The van der Waals surface area contributed by atoms with Crippen LogP contribution in [0.4, 0.5) is 10.1 Å². The summed E-state index contributed by atoms with van der Waals surface area (Å²) in [6.07, 6.45) is 3.63. The van der Waals surface area contributed by atoms with Gasteiger partial charge < -0.3 is 19.7 Å². The Balaban J connectivity index is 1.50. The molecule has 0 aliphatic carbocycles. The molecule has 2 aromatic rings. The zero-order chi connectivity index (χ0) is 22.7. The Morgan fingerprint density at radius 3 is 2.66 bits per heavy atom. The van der Waals surface area contributed by atoms with E-state index in [1.807, 2.05) is 0 Å². The predicted molar refractivity (Wildman–Crippen MR) is 122 cm³/mol. The number of hydrogen-bond acceptors (Lipinski definition) is 5. The van der Waals surface area contributed by atoms with Gasteiger partial charge >= 0.3 is 0 Å². The summed E-state index contributed by atoms with van der Waals surface area (Å²) in [7, 11) is 1.50. The SMILES string of the molecule is COc1cc(C=C2NC(=S)N(c3ccccc3F)C2=O)ccc1OCC(=O)N1CCCC1. The first-order chi connectivity index (χ1) is 15.5. The number of hydrogen-bond donors (Lipinski definition) is 1. The molecule has 0 bridgehead atoms. The topological polar surface area (TPSA) is 71.1 Å². The summed E-state index contributed by atoms with van der Waals surface area (Å²) in [6.45, 7) is 1.46. The van der Waals surface area contributed by atoms with Crippen LogP contribution >= 0.6 is 12.2 Å². The molecule has 0 aromatic heterocycles. The highest BCUT2D eigenvalue weighted by Gasteiger charge is 2.33. The molecular weight excluding hydrogens is 433 g/mol. The Morgan fingerprint density at radius 2 is 1.94 bits per heavy atom. The number of anilines is 1. The van der Waals surface area contributed by atoms with Crippen LogP contribution in [-0.4, -0.2) is 48.6 Å². The number of halogens is 1. The molecule has 32 heavy (non-hydrogen) atoms. The first-order valence-corrected chi connectivity index (χ1v) is 10.6. The van der Waals surface area contributed by atoms with E-state index in [1.165, 1.54) is 19.2 Å². The number of amides is 2. The van der Waals surface area contributed by atoms with Gasteiger partial charge in [-0.05, 0) is 61.0 Å². The van der Waals surface area contributed by atoms with Gasteiger partial charge in [0.1, 0.15) is 11.5 Å². The van der Waals surface area contributed by atoms with E-state index in [0.717, 1.165) is 30.8 Å². The van der Waals surface area contributed by atoms with Crippen LogP contribution < -0.4 is 19.7 Å². The van der Waals surface area contributed by atoms with Gasteiger partial charge in [-0.25, -0.2) is 9.29 Å². The number of nitrogens with one attached hydrogen (secondary N) is 1. The normalized spacial score (nSPS) is 17.1. The van der Waals surface area contributed by atoms with E-state index >= 15 is 0 Å². The van der Waals surface area contributed by atoms with Crippen LogP contribution in [0.2, 0.25) is 0 Å². The number of carbonyl (C=O) groups excluding carboxylic acids is 2. The second kappa shape index (κ2) is 9.35. The van der Waals surface area contributed by atoms with Gasteiger partial charge in [-0.1, -0.05) is 18.2 Å². The summed E-state index contributed by atoms with van der Waals surface area (Å²) in [5.41, 5.74) is 0.940. The van der Waals surface area contributed by atoms with E-state index < -0.39 is 11.7 Å². The number of carbonyl (C=O) groups is 2. The largest absolute Gasteiger partial charge is 0.493 e. The first-order valence-electron chi connectivity index (χ1n) is 10.2. The number of methoxy groups -OCH3 is 1. The van der Waals surface area contributed by atoms with Crippen molar-refractivity contribution < 1.29 is 23.5 Å². The lowest BCUT2D eigenvalue weighted by Crippen LogP contribution is -2.32. The van der Waals surface area contributed by atoms with Crippen molar-refractivity contribution in [1.29, 1.82) is 0 Å². The Bertz CT molecular complexity index is 1100. The maximum Gasteiger partial charge on any atom is 0.281 e. The molecule has 0 unspecified atom stereocenters. The minimum absolute atomic E-state index is 0.0572. The molecule has 0 saturated carbocycles. The van der Waals surface area contributed by atoms with Crippen LogP contribution in [0.25, 0.3) is 6.08 Å². The van der Waals surface area contributed by atoms with Gasteiger partial charge in [0.05, 0.1) is 12.8 Å². The highest BCUT2D eigenvalue weighted by molar-refractivity contribution is 7.80. The van der Waals surface area contributed by atoms with Crippen molar-refractivity contribution in [3.63, 3.8) is 0 Å². The van der Waals surface area contributed by atoms with E-state index in [9.17, 15) is 14.0 Å². The van der Waals surface area contributed by atoms with Gasteiger partial charge in [-0.15, -0.1) is 0 Å². The van der Waals surface area contributed by atoms with Gasteiger partial charge in [-0.3, -0.25) is 9.59 Å². The van der Waals surface area contributed by atoms with E-state index in [2.05, 4.69) is 5.32 Å². The standard InChI is InChI=1S/C23H22FN3O4S/c1-30-20-13-15(8-9-19(20)31-14-21(28)26-10-4-5-11-26)12-17-22(29)27(23(32)25-17)18-7-3-2-6-16(18)24/h2-3,6-9,12-13H,4-5,10-11,14H2,1H3,(H,25,32). The molecule has 2 aromatic carbocycles. The maximum absolute atomic E-state index is 14.2. The van der Waals surface area contributed by atoms with E-state index in [-0.39, 0.29) is 29.0 Å². The van der Waals surface area contributed by atoms with Crippen molar-refractivity contribution in [3.05, 3.63) is 59.5 Å². The van der Waals surface area contributed by atoms with Crippen molar-refractivity contribution in [3.8, 4) is 11.5 Å². The maximum atomic E-state index is 14.2. The van der Waals surface area contributed by atoms with Crippen LogP contribution in [0.1, 0.15) is 18.4 Å². The minimum Gasteiger partial charge on any atom is -0.493 e. The molecule has 4 rings (SSSR count). The van der Waals surface area contributed by atoms with Crippen molar-refractivity contribution in [2.45, 2.75) is 12.8 Å². The second-order valence-electron chi connectivity index (χ2n) is 7.37. The quantitative estimate of drug-likeness (QED) is 0.533. The molecule has 166 valence electrons. The summed E-state index contributed by atoms with van der Waals surface area (Å²) in [6, 6.07) is 11.0. The van der Waals surface area contributed by atoms with E-state index in [4.69, 9.17) is 21.7 Å². The van der Waals surface area contributed by atoms with Crippen LogP contribution in [0.3, 0.4) is 0 Å². The third-order valence-electron chi connectivity index (χ3n) is 5.28. The Hall–Kier alpha value is -3.46. The Labute approximate surface area is 190 Å². The monoisotopic (exact) mass is 455 g/mol. The lowest BCUT2D eigenvalue weighted by Gasteiger charge is -2.16. The zero-order valence-electron chi connectivity index (χ0n) is 17.5. The summed E-state index contributed by atoms with van der Waals surface area (Å²) in [5.74, 6) is -0.212. The number of rotatable bonds is 6. The van der Waals surface area contributed by atoms with Crippen molar-refractivity contribution in [2.24, 2.45) is 0 Å². The third-order valence-corrected chi connectivity index (χ3v) is 5.56. The molecule has 0 radical (unpaired) electrons. The summed E-state index contributed by atoms with van der Waals surface area (Å²) in [4.78, 5) is 28.0. The molecule has 0 atom stereocenters. The molecule has 2 fully saturated rings. The van der Waals surface area contributed by atoms with Crippen LogP contribution in [0, 0.1) is 5.82 Å². The molecule has 7 nitrogen and oxygen atoms in total. The Kier molecular flexibility index (Phi) is 6.36. The third kappa shape index (κ3) is 4.43. The number of nitrogens with zero attached hydrogens (tertiary/aromatic N) is 2. The van der Waals surface area contributed by atoms with E-state index in [1.54, 1.807) is 41.3 Å². The van der Waals surface area contributed by atoms with Gasteiger partial charge in [-0.2, -0.15) is 0 Å². The second-order valence-corrected chi connectivity index (χ2v) is 7.75. The molecule has 2 heterocycles. The summed E-state index contributed by atoms with van der Waals surface area (Å²) >= 11 is 5.23. The molecule has 2 amide bonds. The fraction of sp³-hybridized carbons (Fsp3) is 0.261. The molecular formula is C23H22FN3O4S. The highest BCUT2D eigenvalue weighted by Crippen LogP contribution is 2.30. The zero-order valence-corrected chi connectivity index (χ0v) is 18.3. The fourth-order valence-corrected chi connectivity index (χ4v) is 3.94. The summed E-state index contributed by atoms with van der Waals surface area (Å²) in [5, 5.41) is 2.93. The average Bonchev–Trinajstić information content (AvgIpc) is 3.42. The van der Waals surface area contributed by atoms with Crippen LogP contribution in [0.15, 0.2) is 48.2 Å². The smallest absolute Gasteiger partial charge is 0.281 e. The van der Waals surface area contributed by atoms with Gasteiger partial charge in [0.2, 0.25) is 0 Å². The molecule has 2 saturated heterocycles. The lowest BCUT2D eigenvalue weighted by molar-refractivity contribution is -0.132. The van der Waals surface area contributed by atoms with Gasteiger partial charge in [0.25, 0.3) is 11.8 Å². The van der Waals surface area contributed by atoms with Crippen LogP contribution in [-0.2, 0) is 9.59 Å². The van der Waals surface area contributed by atoms with Crippen molar-refractivity contribution >= 4 is 40.9 Å². The number of likely N-dealkylation sites (tertiary alicyclic amines) is 1. The number of thiocarbonyl (C=S) groups is 1. The minimum atomic E-state index is -0.544. The molecule has 1 N–H and O–H groups in total. The number of ether oxygens (including phenoxy) is 2. The highest BCUT2D eigenvalue weighted by atomic mass is 32.1. The Morgan fingerprint density at radius 1 is 1.19 bits per heavy atom. The van der Waals surface area contributed by atoms with Gasteiger partial charge in [0.15, 0.2) is 23.2 Å². The fourth-order valence-electron chi connectivity index (χ4n) is 3.64.